The number of aldehydes is 1. The molecule has 1 amide bonds. The van der Waals surface area contributed by atoms with Gasteiger partial charge < -0.3 is 10.4 Å². The van der Waals surface area contributed by atoms with E-state index in [1.807, 2.05) is 37.4 Å². The van der Waals surface area contributed by atoms with E-state index in [1.165, 1.54) is 30.1 Å². The molecule has 1 fully saturated rings. The lowest BCUT2D eigenvalue weighted by molar-refractivity contribution is -0.126. The Labute approximate surface area is 225 Å². The van der Waals surface area contributed by atoms with Gasteiger partial charge in [0.1, 0.15) is 10.8 Å². The van der Waals surface area contributed by atoms with E-state index >= 15 is 0 Å². The summed E-state index contributed by atoms with van der Waals surface area (Å²) in [4.78, 5) is 26.5. The van der Waals surface area contributed by atoms with Crippen molar-refractivity contribution < 1.29 is 14.7 Å². The third-order valence-electron chi connectivity index (χ3n) is 6.16. The number of nitrogens with zero attached hydrogens (tertiary/aromatic N) is 3. The minimum atomic E-state index is -1.17. The molecular weight excluding hydrogens is 513 g/mol. The monoisotopic (exact) mass is 541 g/mol. The van der Waals surface area contributed by atoms with Gasteiger partial charge in [0.25, 0.3) is 0 Å². The Morgan fingerprint density at radius 3 is 2.38 bits per heavy atom. The van der Waals surface area contributed by atoms with Gasteiger partial charge in [-0.2, -0.15) is 10.2 Å². The molecule has 1 aliphatic carbocycles. The molecule has 4 N–H and O–H groups in total. The number of hydrogen-bond acceptors (Lipinski definition) is 7. The summed E-state index contributed by atoms with van der Waals surface area (Å²) in [6, 6.07) is 15.1. The summed E-state index contributed by atoms with van der Waals surface area (Å²) < 4.78 is 0. The Balaban J connectivity index is 0.000000175. The summed E-state index contributed by atoms with van der Waals surface area (Å²) in [5, 5.41) is 20.5. The molecule has 1 saturated carbocycles. The first kappa shape index (κ1) is 28.2. The molecule has 1 aliphatic heterocycles. The van der Waals surface area contributed by atoms with Crippen LogP contribution in [0.15, 0.2) is 77.2 Å². The van der Waals surface area contributed by atoms with Gasteiger partial charge >= 0.3 is 0 Å². The fraction of sp³-hybridized carbons (Fsp3) is 0.296. The van der Waals surface area contributed by atoms with Crippen LogP contribution < -0.4 is 11.1 Å². The molecule has 5 rings (SSSR count). The molecule has 2 heterocycles. The number of nitrogens with one attached hydrogen (secondary N) is 1. The highest BCUT2D eigenvalue weighted by Gasteiger charge is 2.34. The number of benzene rings is 2. The SMILES string of the molecule is CC1(C(=O)Nc2ccc(O)c(Cl)c2Cl)CCCCC1.NC1(C=O)C=CN=N1.c1ccc2ncccc2c1. The third-order valence-corrected chi connectivity index (χ3v) is 7.03. The van der Waals surface area contributed by atoms with E-state index in [0.29, 0.717) is 12.0 Å². The van der Waals surface area contributed by atoms with Crippen LogP contribution in [-0.4, -0.2) is 27.9 Å². The predicted octanol–water partition coefficient (Wildman–Crippen LogP) is 6.66. The number of pyridine rings is 1. The van der Waals surface area contributed by atoms with Gasteiger partial charge in [0.15, 0.2) is 6.29 Å². The normalized spacial score (nSPS) is 19.2. The molecule has 194 valence electrons. The van der Waals surface area contributed by atoms with Crippen molar-refractivity contribution in [1.82, 2.24) is 4.98 Å². The molecule has 0 spiro atoms. The van der Waals surface area contributed by atoms with Crippen LogP contribution in [0.2, 0.25) is 10.0 Å². The lowest BCUT2D eigenvalue weighted by Crippen LogP contribution is -2.35. The molecule has 37 heavy (non-hydrogen) atoms. The highest BCUT2D eigenvalue weighted by Crippen LogP contribution is 2.40. The van der Waals surface area contributed by atoms with Crippen molar-refractivity contribution in [3.8, 4) is 5.75 Å². The topological polar surface area (TPSA) is 130 Å². The molecule has 10 heteroatoms. The third kappa shape index (κ3) is 7.58. The maximum absolute atomic E-state index is 12.4. The number of fused-ring (bicyclic) bond motifs is 1. The van der Waals surface area contributed by atoms with Crippen LogP contribution in [-0.2, 0) is 9.59 Å². The fourth-order valence-corrected chi connectivity index (χ4v) is 4.24. The molecular formula is C27H29Cl2N5O3. The Kier molecular flexibility index (Phi) is 9.74. The number of halogens is 2. The van der Waals surface area contributed by atoms with Crippen molar-refractivity contribution >= 4 is 52.0 Å². The second-order valence-electron chi connectivity index (χ2n) is 9.07. The summed E-state index contributed by atoms with van der Waals surface area (Å²) >= 11 is 11.9. The lowest BCUT2D eigenvalue weighted by atomic mass is 9.75. The molecule has 3 aromatic rings. The maximum atomic E-state index is 12.4. The predicted molar refractivity (Wildman–Crippen MR) is 147 cm³/mol. The highest BCUT2D eigenvalue weighted by atomic mass is 35.5. The van der Waals surface area contributed by atoms with E-state index in [2.05, 4.69) is 32.7 Å². The maximum Gasteiger partial charge on any atom is 0.230 e. The number of phenols is 1. The number of carbonyl (C=O) groups excluding carboxylic acids is 2. The number of phenolic OH excluding ortho intramolecular Hbond substituents is 1. The fourth-order valence-electron chi connectivity index (χ4n) is 3.87. The van der Waals surface area contributed by atoms with E-state index in [0.717, 1.165) is 31.2 Å². The van der Waals surface area contributed by atoms with Crippen LogP contribution in [0.1, 0.15) is 39.0 Å². The zero-order chi connectivity index (χ0) is 26.9. The number of nitrogens with two attached hydrogens (primary N) is 1. The van der Waals surface area contributed by atoms with Gasteiger partial charge in [-0.3, -0.25) is 20.3 Å². The van der Waals surface area contributed by atoms with Crippen LogP contribution in [0.3, 0.4) is 0 Å². The van der Waals surface area contributed by atoms with Crippen LogP contribution in [0.25, 0.3) is 10.9 Å². The molecule has 1 atom stereocenters. The molecule has 0 saturated heterocycles. The number of azo groups is 1. The van der Waals surface area contributed by atoms with Crippen molar-refractivity contribution in [1.29, 1.82) is 0 Å². The van der Waals surface area contributed by atoms with Crippen molar-refractivity contribution in [2.45, 2.75) is 44.7 Å². The van der Waals surface area contributed by atoms with Gasteiger partial charge in [0.05, 0.1) is 16.2 Å². The molecule has 1 unspecified atom stereocenters. The number of carbonyl (C=O) groups is 2. The van der Waals surface area contributed by atoms with Crippen molar-refractivity contribution in [2.24, 2.45) is 21.4 Å². The summed E-state index contributed by atoms with van der Waals surface area (Å²) in [5.74, 6) is -0.121. The molecule has 2 aromatic carbocycles. The van der Waals surface area contributed by atoms with Crippen molar-refractivity contribution in [3.63, 3.8) is 0 Å². The average molecular weight is 542 g/mol. The second-order valence-corrected chi connectivity index (χ2v) is 9.82. The van der Waals surface area contributed by atoms with Crippen LogP contribution in [0.5, 0.6) is 5.75 Å². The van der Waals surface area contributed by atoms with E-state index < -0.39 is 5.66 Å². The summed E-state index contributed by atoms with van der Waals surface area (Å²) in [5.41, 5.74) is 5.24. The molecule has 0 radical (unpaired) electrons. The lowest BCUT2D eigenvalue weighted by Gasteiger charge is -2.32. The first-order valence-corrected chi connectivity index (χ1v) is 12.6. The van der Waals surface area contributed by atoms with Crippen molar-refractivity contribution in [3.05, 3.63) is 77.0 Å². The van der Waals surface area contributed by atoms with Gasteiger partial charge in [0, 0.05) is 23.2 Å². The van der Waals surface area contributed by atoms with Crippen LogP contribution in [0.4, 0.5) is 5.69 Å². The van der Waals surface area contributed by atoms with Gasteiger partial charge in [-0.1, -0.05) is 73.7 Å². The van der Waals surface area contributed by atoms with Gasteiger partial charge in [0.2, 0.25) is 11.6 Å². The summed E-state index contributed by atoms with van der Waals surface area (Å²) in [7, 11) is 0. The standard InChI is InChI=1S/C14H17Cl2NO2.C9H7N.C4H5N3O/c1-14(7-3-2-4-8-14)13(19)17-9-5-6-10(18)12(16)11(9)15;1-2-6-9-8(4-1)5-3-7-10-9;5-4(3-8)1-2-6-7-4/h5-6,18H,2-4,7-8H2,1H3,(H,17,19);1-7H;1-3H,5H2. The van der Waals surface area contributed by atoms with E-state index in [-0.39, 0.29) is 27.1 Å². The molecule has 0 bridgehead atoms. The quantitative estimate of drug-likeness (QED) is 0.252. The van der Waals surface area contributed by atoms with Crippen molar-refractivity contribution in [2.75, 3.05) is 5.32 Å². The minimum Gasteiger partial charge on any atom is -0.506 e. The number of anilines is 1. The van der Waals surface area contributed by atoms with E-state index in [4.69, 9.17) is 28.9 Å². The van der Waals surface area contributed by atoms with Gasteiger partial charge in [-0.25, -0.2) is 0 Å². The Hall–Kier alpha value is -3.33. The molecule has 1 aromatic heterocycles. The number of aromatic hydroxyl groups is 1. The summed E-state index contributed by atoms with van der Waals surface area (Å²) in [6.07, 6.45) is 10.3. The van der Waals surface area contributed by atoms with E-state index in [9.17, 15) is 14.7 Å². The van der Waals surface area contributed by atoms with Gasteiger partial charge in [-0.15, -0.1) is 0 Å². The summed E-state index contributed by atoms with van der Waals surface area (Å²) in [6.45, 7) is 1.98. The van der Waals surface area contributed by atoms with Gasteiger partial charge in [-0.05, 0) is 43.2 Å². The number of amides is 1. The van der Waals surface area contributed by atoms with E-state index in [1.54, 1.807) is 6.07 Å². The molecule has 8 nitrogen and oxygen atoms in total. The first-order valence-electron chi connectivity index (χ1n) is 11.8. The smallest absolute Gasteiger partial charge is 0.230 e. The number of aromatic nitrogens is 1. The Morgan fingerprint density at radius 1 is 1.05 bits per heavy atom. The minimum absolute atomic E-state index is 0.0316. The largest absolute Gasteiger partial charge is 0.506 e. The molecule has 2 aliphatic rings. The zero-order valence-corrected chi connectivity index (χ0v) is 21.9. The number of para-hydroxylation sites is 1. The highest BCUT2D eigenvalue weighted by molar-refractivity contribution is 6.44. The first-order chi connectivity index (χ1) is 17.7. The zero-order valence-electron chi connectivity index (χ0n) is 20.4. The van der Waals surface area contributed by atoms with Crippen LogP contribution in [0, 0.1) is 5.41 Å². The second kappa shape index (κ2) is 12.8. The Bertz CT molecular complexity index is 1230. The van der Waals surface area contributed by atoms with Crippen LogP contribution >= 0.6 is 23.2 Å². The number of hydrogen-bond donors (Lipinski definition) is 3. The number of rotatable bonds is 3. The average Bonchev–Trinajstić information content (AvgIpc) is 3.37. The Morgan fingerprint density at radius 2 is 1.76 bits per heavy atom.